The number of hydrogen-bond donors (Lipinski definition) is 2. The highest BCUT2D eigenvalue weighted by atomic mass is 16.5. The first-order valence-electron chi connectivity index (χ1n) is 8.84. The summed E-state index contributed by atoms with van der Waals surface area (Å²) in [4.78, 5) is 8.69. The number of fused-ring (bicyclic) bond motifs is 1. The molecule has 2 aromatic carbocycles. The molecule has 3 rings (SSSR count). The van der Waals surface area contributed by atoms with Crippen LogP contribution in [-0.4, -0.2) is 43.3 Å². The van der Waals surface area contributed by atoms with Crippen molar-refractivity contribution in [1.29, 1.82) is 0 Å². The second-order valence-corrected chi connectivity index (χ2v) is 5.97. The van der Waals surface area contributed by atoms with E-state index in [2.05, 4.69) is 31.2 Å². The Bertz CT molecular complexity index is 920. The number of imidazole rings is 1. The molecule has 0 aliphatic carbocycles. The number of aryl methyl sites for hydroxylation is 1. The maximum Gasteiger partial charge on any atom is 0.195 e. The Morgan fingerprint density at radius 1 is 1.11 bits per heavy atom. The van der Waals surface area contributed by atoms with Crippen LogP contribution in [0.5, 0.6) is 11.5 Å². The second-order valence-electron chi connectivity index (χ2n) is 5.97. The molecule has 0 unspecified atom stereocenters. The molecule has 142 valence electrons. The van der Waals surface area contributed by atoms with Gasteiger partial charge in [-0.2, -0.15) is 0 Å². The molecule has 0 bridgehead atoms. The molecule has 2 N–H and O–H groups in total. The fraction of sp³-hybridized carbons (Fsp3) is 0.300. The van der Waals surface area contributed by atoms with E-state index < -0.39 is 0 Å². The molecule has 7 nitrogen and oxygen atoms in total. The molecule has 0 spiro atoms. The van der Waals surface area contributed by atoms with Crippen LogP contribution in [0.1, 0.15) is 6.42 Å². The molecule has 3 aromatic rings. The highest BCUT2D eigenvalue weighted by Gasteiger charge is 2.06. The molecular weight excluding hydrogens is 342 g/mol. The number of aliphatic imine (C=N–C) groups is 1. The third kappa shape index (κ3) is 4.49. The molecule has 7 heteroatoms. The van der Waals surface area contributed by atoms with E-state index in [1.807, 2.05) is 42.7 Å². The highest BCUT2D eigenvalue weighted by Crippen LogP contribution is 2.29. The van der Waals surface area contributed by atoms with Gasteiger partial charge < -0.3 is 24.7 Å². The van der Waals surface area contributed by atoms with Gasteiger partial charge in [0.15, 0.2) is 17.5 Å². The number of ether oxygens (including phenoxy) is 2. The number of anilines is 1. The van der Waals surface area contributed by atoms with Gasteiger partial charge in [0, 0.05) is 31.9 Å². The zero-order chi connectivity index (χ0) is 19.1. The number of rotatable bonds is 7. The molecule has 1 aromatic heterocycles. The van der Waals surface area contributed by atoms with Crippen LogP contribution >= 0.6 is 0 Å². The Balaban J connectivity index is 1.52. The molecule has 0 radical (unpaired) electrons. The van der Waals surface area contributed by atoms with Gasteiger partial charge in [-0.1, -0.05) is 12.1 Å². The third-order valence-corrected chi connectivity index (χ3v) is 4.27. The predicted molar refractivity (Wildman–Crippen MR) is 109 cm³/mol. The lowest BCUT2D eigenvalue weighted by molar-refractivity contribution is 0.355. The first-order chi connectivity index (χ1) is 13.2. The van der Waals surface area contributed by atoms with Crippen molar-refractivity contribution in [3.05, 3.63) is 48.8 Å². The minimum Gasteiger partial charge on any atom is -0.493 e. The van der Waals surface area contributed by atoms with Gasteiger partial charge in [-0.05, 0) is 30.7 Å². The van der Waals surface area contributed by atoms with Gasteiger partial charge in [0.25, 0.3) is 0 Å². The molecule has 0 aliphatic rings. The second kappa shape index (κ2) is 8.93. The first kappa shape index (κ1) is 18.6. The SMILES string of the molecule is CN=C(NCCCn1cnc2ccccc21)Nc1ccc(OC)c(OC)c1. The van der Waals surface area contributed by atoms with Crippen molar-refractivity contribution < 1.29 is 9.47 Å². The van der Waals surface area contributed by atoms with Gasteiger partial charge in [0.1, 0.15) is 0 Å². The summed E-state index contributed by atoms with van der Waals surface area (Å²) in [5.41, 5.74) is 3.06. The van der Waals surface area contributed by atoms with E-state index in [1.54, 1.807) is 21.3 Å². The normalized spacial score (nSPS) is 11.4. The quantitative estimate of drug-likeness (QED) is 0.381. The first-order valence-corrected chi connectivity index (χ1v) is 8.84. The van der Waals surface area contributed by atoms with Crippen molar-refractivity contribution in [2.75, 3.05) is 33.1 Å². The number of guanidine groups is 1. The lowest BCUT2D eigenvalue weighted by Crippen LogP contribution is -2.31. The van der Waals surface area contributed by atoms with Gasteiger partial charge in [0.05, 0.1) is 31.6 Å². The largest absolute Gasteiger partial charge is 0.493 e. The van der Waals surface area contributed by atoms with Gasteiger partial charge in [-0.15, -0.1) is 0 Å². The minimum absolute atomic E-state index is 0.671. The summed E-state index contributed by atoms with van der Waals surface area (Å²) < 4.78 is 12.8. The summed E-state index contributed by atoms with van der Waals surface area (Å²) >= 11 is 0. The standard InChI is InChI=1S/C20H25N5O2/c1-21-20(24-15-9-10-18(26-2)19(13-15)27-3)22-11-6-12-25-14-23-16-7-4-5-8-17(16)25/h4-5,7-10,13-14H,6,11-12H2,1-3H3,(H2,21,22,24). The van der Waals surface area contributed by atoms with E-state index in [0.29, 0.717) is 17.5 Å². The third-order valence-electron chi connectivity index (χ3n) is 4.27. The fourth-order valence-electron chi connectivity index (χ4n) is 2.87. The predicted octanol–water partition coefficient (Wildman–Crippen LogP) is 3.13. The summed E-state index contributed by atoms with van der Waals surface area (Å²) in [5, 5.41) is 6.59. The summed E-state index contributed by atoms with van der Waals surface area (Å²) in [7, 11) is 4.99. The van der Waals surface area contributed by atoms with Crippen LogP contribution in [0, 0.1) is 0 Å². The number of benzene rings is 2. The molecule has 0 aliphatic heterocycles. The van der Waals surface area contributed by atoms with Gasteiger partial charge in [-0.3, -0.25) is 4.99 Å². The minimum atomic E-state index is 0.671. The van der Waals surface area contributed by atoms with E-state index in [-0.39, 0.29) is 0 Å². The van der Waals surface area contributed by atoms with Crippen molar-refractivity contribution in [2.24, 2.45) is 4.99 Å². The molecule has 0 saturated carbocycles. The summed E-state index contributed by atoms with van der Waals surface area (Å²) in [5.74, 6) is 2.07. The van der Waals surface area contributed by atoms with Crippen LogP contribution in [0.3, 0.4) is 0 Å². The molecule has 0 fully saturated rings. The van der Waals surface area contributed by atoms with E-state index in [4.69, 9.17) is 9.47 Å². The number of methoxy groups -OCH3 is 2. The smallest absolute Gasteiger partial charge is 0.195 e. The number of hydrogen-bond acceptors (Lipinski definition) is 4. The van der Waals surface area contributed by atoms with Crippen LogP contribution < -0.4 is 20.1 Å². The Hall–Kier alpha value is -3.22. The van der Waals surface area contributed by atoms with E-state index >= 15 is 0 Å². The zero-order valence-corrected chi connectivity index (χ0v) is 15.9. The van der Waals surface area contributed by atoms with Crippen LogP contribution in [0.2, 0.25) is 0 Å². The average Bonchev–Trinajstić information content (AvgIpc) is 3.13. The Morgan fingerprint density at radius 2 is 1.93 bits per heavy atom. The molecule has 27 heavy (non-hydrogen) atoms. The highest BCUT2D eigenvalue weighted by molar-refractivity contribution is 5.93. The number of aromatic nitrogens is 2. The van der Waals surface area contributed by atoms with Crippen LogP contribution in [0.15, 0.2) is 53.8 Å². The van der Waals surface area contributed by atoms with Gasteiger partial charge >= 0.3 is 0 Å². The van der Waals surface area contributed by atoms with E-state index in [1.165, 1.54) is 0 Å². The van der Waals surface area contributed by atoms with Crippen LogP contribution in [0.25, 0.3) is 11.0 Å². The number of nitrogens with one attached hydrogen (secondary N) is 2. The number of nitrogens with zero attached hydrogens (tertiary/aromatic N) is 3. The lowest BCUT2D eigenvalue weighted by Gasteiger charge is -2.14. The zero-order valence-electron chi connectivity index (χ0n) is 15.9. The van der Waals surface area contributed by atoms with Gasteiger partial charge in [0.2, 0.25) is 0 Å². The average molecular weight is 367 g/mol. The molecule has 0 amide bonds. The Kier molecular flexibility index (Phi) is 6.14. The van der Waals surface area contributed by atoms with Crippen molar-refractivity contribution in [1.82, 2.24) is 14.9 Å². The lowest BCUT2D eigenvalue weighted by atomic mass is 10.2. The topological polar surface area (TPSA) is 72.7 Å². The van der Waals surface area contributed by atoms with E-state index in [0.717, 1.165) is 36.2 Å². The maximum absolute atomic E-state index is 5.33. The van der Waals surface area contributed by atoms with Crippen LogP contribution in [-0.2, 0) is 6.54 Å². The summed E-state index contributed by atoms with van der Waals surface area (Å²) in [6, 6.07) is 13.8. The maximum atomic E-state index is 5.33. The molecule has 1 heterocycles. The number of para-hydroxylation sites is 2. The monoisotopic (exact) mass is 367 g/mol. The van der Waals surface area contributed by atoms with Gasteiger partial charge in [-0.25, -0.2) is 4.98 Å². The molecule has 0 atom stereocenters. The van der Waals surface area contributed by atoms with Crippen LogP contribution in [0.4, 0.5) is 5.69 Å². The fourth-order valence-corrected chi connectivity index (χ4v) is 2.87. The van der Waals surface area contributed by atoms with Crippen molar-refractivity contribution in [3.8, 4) is 11.5 Å². The summed E-state index contributed by atoms with van der Waals surface area (Å²) in [6.07, 6.45) is 2.84. The van der Waals surface area contributed by atoms with Crippen molar-refractivity contribution in [3.63, 3.8) is 0 Å². The summed E-state index contributed by atoms with van der Waals surface area (Å²) in [6.45, 7) is 1.68. The molecule has 0 saturated heterocycles. The van der Waals surface area contributed by atoms with Crippen molar-refractivity contribution in [2.45, 2.75) is 13.0 Å². The molecular formula is C20H25N5O2. The van der Waals surface area contributed by atoms with E-state index in [9.17, 15) is 0 Å². The Labute approximate surface area is 159 Å². The van der Waals surface area contributed by atoms with Crippen molar-refractivity contribution >= 4 is 22.7 Å². The Morgan fingerprint density at radius 3 is 2.70 bits per heavy atom.